The van der Waals surface area contributed by atoms with E-state index < -0.39 is 12.0 Å². The van der Waals surface area contributed by atoms with Gasteiger partial charge in [-0.2, -0.15) is 8.78 Å². The Morgan fingerprint density at radius 2 is 2.27 bits per heavy atom. The van der Waals surface area contributed by atoms with Gasteiger partial charge in [0.25, 0.3) is 0 Å². The molecule has 0 aliphatic carbocycles. The normalized spacial score (nSPS) is 27.5. The molecule has 0 aromatic rings. The van der Waals surface area contributed by atoms with E-state index in [4.69, 9.17) is 0 Å². The Bertz CT molecular complexity index is 235. The van der Waals surface area contributed by atoms with Crippen LogP contribution in [0.15, 0.2) is 0 Å². The van der Waals surface area contributed by atoms with Gasteiger partial charge in [0.05, 0.1) is 12.0 Å². The molecular weight excluding hydrogens is 204 g/mol. The molecule has 1 saturated heterocycles. The van der Waals surface area contributed by atoms with Crippen molar-refractivity contribution in [2.24, 2.45) is 5.41 Å². The number of ketones is 1. The third kappa shape index (κ3) is 2.95. The van der Waals surface area contributed by atoms with Crippen LogP contribution in [0.4, 0.5) is 8.78 Å². The van der Waals surface area contributed by atoms with Gasteiger partial charge in [0.2, 0.25) is 0 Å². The first kappa shape index (κ1) is 12.5. The Hall–Kier alpha value is -0.550. The third-order valence-electron chi connectivity index (χ3n) is 3.11. The smallest absolute Gasteiger partial charge is 0.322 e. The summed E-state index contributed by atoms with van der Waals surface area (Å²) in [6, 6.07) is 0. The van der Waals surface area contributed by atoms with Crippen LogP contribution in [0.25, 0.3) is 0 Å². The Balaban J connectivity index is 2.60. The molecule has 15 heavy (non-hydrogen) atoms. The van der Waals surface area contributed by atoms with E-state index in [0.717, 1.165) is 13.1 Å². The molecule has 1 rings (SSSR count). The van der Waals surface area contributed by atoms with Crippen molar-refractivity contribution in [1.29, 1.82) is 0 Å². The number of alkyl halides is 2. The first-order chi connectivity index (χ1) is 7.00. The van der Waals surface area contributed by atoms with Gasteiger partial charge < -0.3 is 9.64 Å². The predicted molar refractivity (Wildman–Crippen MR) is 51.8 cm³/mol. The fraction of sp³-hybridized carbons (Fsp3) is 0.900. The van der Waals surface area contributed by atoms with Crippen molar-refractivity contribution < 1.29 is 18.3 Å². The first-order valence-corrected chi connectivity index (χ1v) is 5.13. The van der Waals surface area contributed by atoms with E-state index in [0.29, 0.717) is 13.0 Å². The van der Waals surface area contributed by atoms with Gasteiger partial charge in [0.1, 0.15) is 5.78 Å². The standard InChI is InChI=1S/C10H17F2NO2/c1-3-13-5-4-10(6-13,8(2)14)7-15-9(11)12/h9H,3-7H2,1-2H3. The summed E-state index contributed by atoms with van der Waals surface area (Å²) in [6.45, 7) is 2.63. The molecule has 0 amide bonds. The van der Waals surface area contributed by atoms with Gasteiger partial charge in [-0.15, -0.1) is 0 Å². The van der Waals surface area contributed by atoms with Gasteiger partial charge in [-0.1, -0.05) is 6.92 Å². The lowest BCUT2D eigenvalue weighted by molar-refractivity contribution is -0.159. The molecule has 0 saturated carbocycles. The van der Waals surface area contributed by atoms with Crippen molar-refractivity contribution >= 4 is 5.78 Å². The fourth-order valence-electron chi connectivity index (χ4n) is 1.96. The van der Waals surface area contributed by atoms with E-state index in [9.17, 15) is 13.6 Å². The molecule has 1 fully saturated rings. The van der Waals surface area contributed by atoms with Crippen LogP contribution in [0, 0.1) is 5.41 Å². The molecule has 0 spiro atoms. The maximum absolute atomic E-state index is 12.0. The maximum atomic E-state index is 12.0. The predicted octanol–water partition coefficient (Wildman–Crippen LogP) is 1.53. The highest BCUT2D eigenvalue weighted by molar-refractivity contribution is 5.83. The van der Waals surface area contributed by atoms with Crippen molar-refractivity contribution in [3.05, 3.63) is 0 Å². The fourth-order valence-corrected chi connectivity index (χ4v) is 1.96. The summed E-state index contributed by atoms with van der Waals surface area (Å²) >= 11 is 0. The highest BCUT2D eigenvalue weighted by Crippen LogP contribution is 2.32. The quantitative estimate of drug-likeness (QED) is 0.705. The summed E-state index contributed by atoms with van der Waals surface area (Å²) in [7, 11) is 0. The maximum Gasteiger partial charge on any atom is 0.345 e. The Morgan fingerprint density at radius 3 is 2.67 bits per heavy atom. The molecular formula is C10H17F2NO2. The lowest BCUT2D eigenvalue weighted by atomic mass is 9.84. The monoisotopic (exact) mass is 221 g/mol. The highest BCUT2D eigenvalue weighted by atomic mass is 19.3. The molecule has 0 aromatic carbocycles. The highest BCUT2D eigenvalue weighted by Gasteiger charge is 2.42. The summed E-state index contributed by atoms with van der Waals surface area (Å²) in [5, 5.41) is 0. The number of likely N-dealkylation sites (tertiary alicyclic amines) is 1. The Kier molecular flexibility index (Phi) is 4.16. The second-order valence-electron chi connectivity index (χ2n) is 4.03. The van der Waals surface area contributed by atoms with E-state index in [2.05, 4.69) is 9.64 Å². The lowest BCUT2D eigenvalue weighted by Crippen LogP contribution is -2.38. The molecule has 1 atom stereocenters. The van der Waals surface area contributed by atoms with Crippen molar-refractivity contribution in [2.45, 2.75) is 26.9 Å². The van der Waals surface area contributed by atoms with Crippen molar-refractivity contribution in [1.82, 2.24) is 4.90 Å². The second-order valence-corrected chi connectivity index (χ2v) is 4.03. The van der Waals surface area contributed by atoms with Gasteiger partial charge >= 0.3 is 6.61 Å². The Morgan fingerprint density at radius 1 is 1.60 bits per heavy atom. The minimum absolute atomic E-state index is 0.0564. The average molecular weight is 221 g/mol. The van der Waals surface area contributed by atoms with Crippen molar-refractivity contribution in [2.75, 3.05) is 26.2 Å². The lowest BCUT2D eigenvalue weighted by Gasteiger charge is -2.25. The van der Waals surface area contributed by atoms with Crippen LogP contribution in [0.3, 0.4) is 0 Å². The van der Waals surface area contributed by atoms with Crippen LogP contribution in [-0.4, -0.2) is 43.5 Å². The molecule has 0 radical (unpaired) electrons. The van der Waals surface area contributed by atoms with E-state index in [1.807, 2.05) is 6.92 Å². The van der Waals surface area contributed by atoms with E-state index in [1.165, 1.54) is 6.92 Å². The number of rotatable bonds is 5. The molecule has 0 N–H and O–H groups in total. The number of carbonyl (C=O) groups is 1. The topological polar surface area (TPSA) is 29.5 Å². The summed E-state index contributed by atoms with van der Waals surface area (Å²) in [6.07, 6.45) is 0.614. The van der Waals surface area contributed by atoms with Gasteiger partial charge in [-0.05, 0) is 26.4 Å². The molecule has 3 nitrogen and oxygen atoms in total. The SMILES string of the molecule is CCN1CCC(COC(F)F)(C(C)=O)C1. The van der Waals surface area contributed by atoms with E-state index in [-0.39, 0.29) is 12.4 Å². The van der Waals surface area contributed by atoms with E-state index in [1.54, 1.807) is 0 Å². The van der Waals surface area contributed by atoms with Gasteiger partial charge in [-0.25, -0.2) is 0 Å². The van der Waals surface area contributed by atoms with Crippen LogP contribution >= 0.6 is 0 Å². The number of Topliss-reactive ketones (excluding diaryl/α,β-unsaturated/α-hetero) is 1. The summed E-state index contributed by atoms with van der Waals surface area (Å²) in [4.78, 5) is 13.6. The van der Waals surface area contributed by atoms with Crippen molar-refractivity contribution in [3.8, 4) is 0 Å². The number of hydrogen-bond acceptors (Lipinski definition) is 3. The number of hydrogen-bond donors (Lipinski definition) is 0. The number of ether oxygens (including phenoxy) is 1. The number of carbonyl (C=O) groups excluding carboxylic acids is 1. The first-order valence-electron chi connectivity index (χ1n) is 5.13. The molecule has 1 aliphatic heterocycles. The van der Waals surface area contributed by atoms with E-state index >= 15 is 0 Å². The molecule has 0 aromatic heterocycles. The van der Waals surface area contributed by atoms with Crippen LogP contribution < -0.4 is 0 Å². The van der Waals surface area contributed by atoms with Crippen LogP contribution in [0.1, 0.15) is 20.3 Å². The zero-order valence-electron chi connectivity index (χ0n) is 9.13. The van der Waals surface area contributed by atoms with Crippen LogP contribution in [-0.2, 0) is 9.53 Å². The minimum atomic E-state index is -2.79. The summed E-state index contributed by atoms with van der Waals surface area (Å²) in [5.74, 6) is -0.0564. The summed E-state index contributed by atoms with van der Waals surface area (Å²) < 4.78 is 28.2. The molecule has 1 unspecified atom stereocenters. The number of nitrogens with zero attached hydrogens (tertiary/aromatic N) is 1. The average Bonchev–Trinajstić information content (AvgIpc) is 2.59. The van der Waals surface area contributed by atoms with Gasteiger partial charge in [0, 0.05) is 6.54 Å². The largest absolute Gasteiger partial charge is 0.345 e. The second kappa shape index (κ2) is 4.99. The molecule has 1 heterocycles. The zero-order valence-corrected chi connectivity index (χ0v) is 9.13. The van der Waals surface area contributed by atoms with Crippen LogP contribution in [0.2, 0.25) is 0 Å². The zero-order chi connectivity index (χ0) is 11.5. The molecule has 5 heteroatoms. The van der Waals surface area contributed by atoms with Gasteiger partial charge in [0.15, 0.2) is 0 Å². The van der Waals surface area contributed by atoms with Gasteiger partial charge in [-0.3, -0.25) is 4.79 Å². The molecule has 88 valence electrons. The Labute approximate surface area is 88.4 Å². The van der Waals surface area contributed by atoms with Crippen LogP contribution in [0.5, 0.6) is 0 Å². The minimum Gasteiger partial charge on any atom is -0.322 e. The van der Waals surface area contributed by atoms with Crippen molar-refractivity contribution in [3.63, 3.8) is 0 Å². The molecule has 1 aliphatic rings. The third-order valence-corrected chi connectivity index (χ3v) is 3.11. The molecule has 0 bridgehead atoms. The summed E-state index contributed by atoms with van der Waals surface area (Å²) in [5.41, 5.74) is -0.716. The number of halogens is 2.